The monoisotopic (exact) mass is 389 g/mol. The minimum Gasteiger partial charge on any atom is -1.00 e. The van der Waals surface area contributed by atoms with Gasteiger partial charge < -0.3 is 22.2 Å². The summed E-state index contributed by atoms with van der Waals surface area (Å²) >= 11 is 0. The van der Waals surface area contributed by atoms with E-state index < -0.39 is 0 Å². The van der Waals surface area contributed by atoms with Crippen LogP contribution in [0.15, 0.2) is 4.99 Å². The van der Waals surface area contributed by atoms with Crippen molar-refractivity contribution in [2.24, 2.45) is 4.99 Å². The second kappa shape index (κ2) is 21.0. The van der Waals surface area contributed by atoms with Crippen LogP contribution in [0.3, 0.4) is 0 Å². The molecule has 0 atom stereocenters. The lowest BCUT2D eigenvalue weighted by molar-refractivity contribution is -0.870. The number of nitrogens with zero attached hydrogens (tertiary/aromatic N) is 2. The lowest BCUT2D eigenvalue weighted by Gasteiger charge is -2.23. The van der Waals surface area contributed by atoms with E-state index in [1.54, 1.807) is 6.34 Å². The molecule has 0 spiro atoms. The van der Waals surface area contributed by atoms with Gasteiger partial charge in [0.15, 0.2) is 0 Å². The van der Waals surface area contributed by atoms with Crippen LogP contribution in [0.2, 0.25) is 0 Å². The van der Waals surface area contributed by atoms with Crippen molar-refractivity contribution >= 4 is 6.34 Å². The summed E-state index contributed by atoms with van der Waals surface area (Å²) in [5, 5.41) is 2.93. The molecule has 1 heterocycles. The first-order valence-electron chi connectivity index (χ1n) is 11.1. The normalized spacial score (nSPS) is 12.9. The molecule has 158 valence electrons. The van der Waals surface area contributed by atoms with Gasteiger partial charge in [-0.15, -0.1) is 0 Å². The summed E-state index contributed by atoms with van der Waals surface area (Å²) in [4.78, 5) is 3.85. The van der Waals surface area contributed by atoms with Gasteiger partial charge in [-0.2, -0.15) is 0 Å². The van der Waals surface area contributed by atoms with Crippen molar-refractivity contribution in [1.82, 2.24) is 5.32 Å². The maximum Gasteiger partial charge on any atom is 0.0825 e. The molecule has 3 nitrogen and oxygen atoms in total. The van der Waals surface area contributed by atoms with Crippen molar-refractivity contribution in [1.29, 1.82) is 0 Å². The van der Waals surface area contributed by atoms with E-state index in [-0.39, 0.29) is 12.4 Å². The molecule has 1 aliphatic rings. The summed E-state index contributed by atoms with van der Waals surface area (Å²) in [7, 11) is 6.88. The number of unbranched alkanes of at least 4 members (excludes halogenated alkanes) is 13. The van der Waals surface area contributed by atoms with Crippen LogP contribution in [0.25, 0.3) is 0 Å². The standard InChI is InChI=1S/C19H42N.C3H6N2.ClH/c1-5-6-7-8-9-10-11-12-13-14-15-16-17-18-19-20(2,3)4;1-2-5-3-4-1;/h5-19H2,1-4H3;3H,1-2H2,(H,4,5);1H/q+1;;/p-1. The molecule has 0 saturated carbocycles. The quantitative estimate of drug-likeness (QED) is 0.338. The first-order valence-corrected chi connectivity index (χ1v) is 11.1. The molecule has 0 aromatic carbocycles. The Bertz CT molecular complexity index is 282. The summed E-state index contributed by atoms with van der Waals surface area (Å²) in [5.74, 6) is 0. The van der Waals surface area contributed by atoms with Gasteiger partial charge in [0, 0.05) is 6.54 Å². The second-order valence-electron chi connectivity index (χ2n) is 8.60. The molecule has 4 heteroatoms. The van der Waals surface area contributed by atoms with Crippen LogP contribution < -0.4 is 17.7 Å². The molecule has 0 fully saturated rings. The Labute approximate surface area is 171 Å². The molecule has 0 aliphatic carbocycles. The van der Waals surface area contributed by atoms with Crippen molar-refractivity contribution in [3.8, 4) is 0 Å². The predicted molar refractivity (Wildman–Crippen MR) is 115 cm³/mol. The molecule has 1 rings (SSSR count). The minimum absolute atomic E-state index is 0. The third kappa shape index (κ3) is 26.0. The molecule has 1 N–H and O–H groups in total. The third-order valence-electron chi connectivity index (χ3n) is 4.75. The first-order chi connectivity index (χ1) is 12.1. The van der Waals surface area contributed by atoms with E-state index in [9.17, 15) is 0 Å². The SMILES string of the molecule is C1=NCCN1.CCCCCCCCCCCCCCCC[N+](C)(C)C.[Cl-]. The highest BCUT2D eigenvalue weighted by molar-refractivity contribution is 5.56. The molecule has 0 bridgehead atoms. The van der Waals surface area contributed by atoms with E-state index in [1.165, 1.54) is 96.4 Å². The summed E-state index contributed by atoms with van der Waals surface area (Å²) < 4.78 is 1.12. The van der Waals surface area contributed by atoms with E-state index in [0.717, 1.165) is 17.6 Å². The molecule has 0 aromatic heterocycles. The van der Waals surface area contributed by atoms with Crippen molar-refractivity contribution in [2.45, 2.75) is 96.8 Å². The molecule has 1 aliphatic heterocycles. The average Bonchev–Trinajstić information content (AvgIpc) is 3.14. The number of quaternary nitrogens is 1. The highest BCUT2D eigenvalue weighted by Gasteiger charge is 2.04. The fourth-order valence-electron chi connectivity index (χ4n) is 3.10. The lowest BCUT2D eigenvalue weighted by atomic mass is 10.0. The largest absolute Gasteiger partial charge is 1.00 e. The van der Waals surface area contributed by atoms with Gasteiger partial charge in [0.25, 0.3) is 0 Å². The van der Waals surface area contributed by atoms with Crippen LogP contribution in [-0.2, 0) is 0 Å². The van der Waals surface area contributed by atoms with Crippen molar-refractivity contribution in [2.75, 3.05) is 40.8 Å². The van der Waals surface area contributed by atoms with Gasteiger partial charge in [-0.25, -0.2) is 0 Å². The van der Waals surface area contributed by atoms with Crippen LogP contribution in [-0.4, -0.2) is 51.6 Å². The van der Waals surface area contributed by atoms with Crippen molar-refractivity contribution < 1.29 is 16.9 Å². The molecule has 0 radical (unpaired) electrons. The van der Waals surface area contributed by atoms with Crippen molar-refractivity contribution in [3.63, 3.8) is 0 Å². The maximum atomic E-state index is 3.85. The fourth-order valence-corrected chi connectivity index (χ4v) is 3.10. The zero-order valence-electron chi connectivity index (χ0n) is 18.4. The molecular formula is C22H48ClN3. The zero-order valence-corrected chi connectivity index (χ0v) is 19.1. The Morgan fingerprint density at radius 2 is 1.15 bits per heavy atom. The van der Waals surface area contributed by atoms with Crippen LogP contribution in [0.5, 0.6) is 0 Å². The Kier molecular flexibility index (Phi) is 22.6. The maximum absolute atomic E-state index is 3.85. The van der Waals surface area contributed by atoms with Crippen LogP contribution in [0.4, 0.5) is 0 Å². The van der Waals surface area contributed by atoms with Gasteiger partial charge in [0.2, 0.25) is 0 Å². The summed E-state index contributed by atoms with van der Waals surface area (Å²) in [6.07, 6.45) is 22.1. The van der Waals surface area contributed by atoms with Gasteiger partial charge in [0.05, 0.1) is 40.6 Å². The summed E-state index contributed by atoms with van der Waals surface area (Å²) in [6.45, 7) is 5.61. The van der Waals surface area contributed by atoms with Gasteiger partial charge in [-0.1, -0.05) is 84.0 Å². The topological polar surface area (TPSA) is 24.4 Å². The fraction of sp³-hybridized carbons (Fsp3) is 0.955. The summed E-state index contributed by atoms with van der Waals surface area (Å²) in [6, 6.07) is 0. The highest BCUT2D eigenvalue weighted by atomic mass is 35.5. The third-order valence-corrected chi connectivity index (χ3v) is 4.75. The number of nitrogens with one attached hydrogen (secondary N) is 1. The van der Waals surface area contributed by atoms with E-state index >= 15 is 0 Å². The number of hydrogen-bond acceptors (Lipinski definition) is 2. The van der Waals surface area contributed by atoms with Gasteiger partial charge >= 0.3 is 0 Å². The predicted octanol–water partition coefficient (Wildman–Crippen LogP) is 2.80. The first kappa shape index (κ1) is 27.9. The molecule has 0 saturated heterocycles. The highest BCUT2D eigenvalue weighted by Crippen LogP contribution is 2.13. The molecule has 26 heavy (non-hydrogen) atoms. The smallest absolute Gasteiger partial charge is 0.0825 e. The number of halogens is 1. The molecule has 0 aromatic rings. The summed E-state index contributed by atoms with van der Waals surface area (Å²) in [5.41, 5.74) is 0. The number of rotatable bonds is 15. The Morgan fingerprint density at radius 3 is 1.42 bits per heavy atom. The van der Waals surface area contributed by atoms with Gasteiger partial charge in [-0.05, 0) is 12.8 Å². The van der Waals surface area contributed by atoms with E-state index in [1.807, 2.05) is 0 Å². The number of hydrogen-bond donors (Lipinski definition) is 1. The molecular weight excluding hydrogens is 342 g/mol. The Hall–Kier alpha value is -0.280. The van der Waals surface area contributed by atoms with Crippen LogP contribution in [0, 0.1) is 0 Å². The molecule has 0 unspecified atom stereocenters. The average molecular weight is 390 g/mol. The van der Waals surface area contributed by atoms with Crippen molar-refractivity contribution in [3.05, 3.63) is 0 Å². The minimum atomic E-state index is 0. The second-order valence-corrected chi connectivity index (χ2v) is 8.60. The zero-order chi connectivity index (χ0) is 18.6. The molecule has 0 amide bonds. The van der Waals surface area contributed by atoms with E-state index in [4.69, 9.17) is 0 Å². The Morgan fingerprint density at radius 1 is 0.731 bits per heavy atom. The number of aliphatic imine (C=N–C) groups is 1. The van der Waals surface area contributed by atoms with Crippen LogP contribution in [0.1, 0.15) is 96.8 Å². The Balaban J connectivity index is 0. The lowest BCUT2D eigenvalue weighted by Crippen LogP contribution is -3.00. The van der Waals surface area contributed by atoms with Crippen LogP contribution >= 0.6 is 0 Å². The van der Waals surface area contributed by atoms with E-state index in [0.29, 0.717) is 0 Å². The van der Waals surface area contributed by atoms with E-state index in [2.05, 4.69) is 38.4 Å². The van der Waals surface area contributed by atoms with Gasteiger partial charge in [0.1, 0.15) is 0 Å². The van der Waals surface area contributed by atoms with Gasteiger partial charge in [-0.3, -0.25) is 4.99 Å².